The first kappa shape index (κ1) is 19.0. The van der Waals surface area contributed by atoms with Gasteiger partial charge in [0, 0.05) is 0 Å². The summed E-state index contributed by atoms with van der Waals surface area (Å²) in [6, 6.07) is 0. The van der Waals surface area contributed by atoms with E-state index in [4.69, 9.17) is 0 Å². The molecular weight excluding hydrogens is 197 g/mol. The summed E-state index contributed by atoms with van der Waals surface area (Å²) in [7, 11) is 0.500. The van der Waals surface area contributed by atoms with Crippen molar-refractivity contribution in [2.75, 3.05) is 20.9 Å². The summed E-state index contributed by atoms with van der Waals surface area (Å²) in [5, 5.41) is 0. The van der Waals surface area contributed by atoms with Gasteiger partial charge in [-0.1, -0.05) is 6.58 Å². The first-order valence-corrected chi connectivity index (χ1v) is 3.94. The lowest BCUT2D eigenvalue weighted by Crippen LogP contribution is -1.99. The zero-order valence-electron chi connectivity index (χ0n) is 9.15. The third-order valence-electron chi connectivity index (χ3n) is 0.697. The predicted octanol–water partition coefficient (Wildman–Crippen LogP) is 3.39. The number of halogens is 3. The van der Waals surface area contributed by atoms with Gasteiger partial charge in [-0.3, -0.25) is 4.39 Å². The molecule has 0 aromatic heterocycles. The quantitative estimate of drug-likeness (QED) is 0.670. The van der Waals surface area contributed by atoms with Gasteiger partial charge in [-0.25, -0.2) is 8.78 Å². The van der Waals surface area contributed by atoms with Crippen molar-refractivity contribution in [2.24, 2.45) is 0 Å². The number of alkyl halides is 3. The molecule has 0 amide bonds. The lowest BCUT2D eigenvalue weighted by molar-refractivity contribution is 0.0152. The van der Waals surface area contributed by atoms with E-state index in [-0.39, 0.29) is 6.10 Å². The molecule has 0 unspecified atom stereocenters. The van der Waals surface area contributed by atoms with E-state index >= 15 is 0 Å². The Bertz CT molecular complexity index is 108. The largest absolute Gasteiger partial charge is 0.468 e. The zero-order valence-corrected chi connectivity index (χ0v) is 9.15. The zero-order chi connectivity index (χ0) is 12.0. The Morgan fingerprint density at radius 2 is 1.64 bits per heavy atom. The minimum atomic E-state index is -0.769. The Labute approximate surface area is 83.7 Å². The van der Waals surface area contributed by atoms with Crippen molar-refractivity contribution in [3.05, 3.63) is 12.3 Å². The molecule has 0 heterocycles. The van der Waals surface area contributed by atoms with Gasteiger partial charge in [-0.05, 0) is 20.8 Å². The molecule has 0 aliphatic rings. The van der Waals surface area contributed by atoms with E-state index in [1.807, 2.05) is 0 Å². The van der Waals surface area contributed by atoms with E-state index < -0.39 is 13.7 Å². The fraction of sp³-hybridized carbons (Fsp3) is 0.778. The summed E-state index contributed by atoms with van der Waals surface area (Å²) in [6.07, 6.45) is 0.0231. The topological polar surface area (TPSA) is 18.5 Å². The van der Waals surface area contributed by atoms with E-state index in [2.05, 4.69) is 16.1 Å². The third kappa shape index (κ3) is 42.7. The highest BCUT2D eigenvalue weighted by Gasteiger charge is 1.85. The van der Waals surface area contributed by atoms with Crippen molar-refractivity contribution in [1.82, 2.24) is 0 Å². The standard InChI is InChI=1S/C4H9FO.C4H7FO.CH3F/c2*1-4(2)6-3-5;1-2/h4H,3H2,1-2H3;1,3H2,2H3;1H3. The molecule has 0 radical (unpaired) electrons. The van der Waals surface area contributed by atoms with Crippen molar-refractivity contribution < 1.29 is 22.6 Å². The molecule has 0 aromatic carbocycles. The van der Waals surface area contributed by atoms with Crippen LogP contribution in [0.2, 0.25) is 0 Å². The molecule has 2 nitrogen and oxygen atoms in total. The molecule has 0 atom stereocenters. The van der Waals surface area contributed by atoms with Gasteiger partial charge in [0.2, 0.25) is 6.86 Å². The SMILES string of the molecule is C=C(C)OCF.CC(C)OCF.CF. The Morgan fingerprint density at radius 3 is 1.64 bits per heavy atom. The second-order valence-corrected chi connectivity index (χ2v) is 2.28. The van der Waals surface area contributed by atoms with Crippen LogP contribution in [0.5, 0.6) is 0 Å². The average molecular weight is 216 g/mol. The summed E-state index contributed by atoms with van der Waals surface area (Å²) in [5.74, 6) is 0.414. The summed E-state index contributed by atoms with van der Waals surface area (Å²) < 4.78 is 40.0. The highest BCUT2D eigenvalue weighted by molar-refractivity contribution is 4.71. The van der Waals surface area contributed by atoms with Crippen molar-refractivity contribution in [1.29, 1.82) is 0 Å². The van der Waals surface area contributed by atoms with Gasteiger partial charge < -0.3 is 9.47 Å². The summed E-state index contributed by atoms with van der Waals surface area (Å²) in [5.41, 5.74) is 0. The first-order chi connectivity index (χ1) is 6.54. The molecule has 0 bridgehead atoms. The van der Waals surface area contributed by atoms with Crippen LogP contribution >= 0.6 is 0 Å². The molecule has 0 saturated heterocycles. The number of ether oxygens (including phenoxy) is 2. The fourth-order valence-electron chi connectivity index (χ4n) is 0.219. The molecule has 5 heteroatoms. The fourth-order valence-corrected chi connectivity index (χ4v) is 0.219. The van der Waals surface area contributed by atoms with Crippen LogP contribution in [0, 0.1) is 0 Å². The van der Waals surface area contributed by atoms with Crippen LogP contribution in [-0.2, 0) is 9.47 Å². The molecule has 0 saturated carbocycles. The van der Waals surface area contributed by atoms with E-state index in [1.54, 1.807) is 20.8 Å². The maximum Gasteiger partial charge on any atom is 0.228 e. The normalized spacial score (nSPS) is 8.00. The molecule has 0 spiro atoms. The summed E-state index contributed by atoms with van der Waals surface area (Å²) >= 11 is 0. The van der Waals surface area contributed by atoms with Crippen LogP contribution in [0.25, 0.3) is 0 Å². The van der Waals surface area contributed by atoms with Gasteiger partial charge in [-0.2, -0.15) is 0 Å². The second kappa shape index (κ2) is 18.2. The van der Waals surface area contributed by atoms with Gasteiger partial charge in [-0.15, -0.1) is 0 Å². The molecule has 88 valence electrons. The molecule has 0 aliphatic carbocycles. The Hall–Kier alpha value is -0.710. The molecule has 0 N–H and O–H groups in total. The maximum atomic E-state index is 11.0. The average Bonchev–Trinajstić information content (AvgIpc) is 2.08. The van der Waals surface area contributed by atoms with E-state index in [1.165, 1.54) is 0 Å². The molecule has 0 aromatic rings. The van der Waals surface area contributed by atoms with Crippen molar-refractivity contribution in [3.8, 4) is 0 Å². The van der Waals surface area contributed by atoms with Gasteiger partial charge in [0.1, 0.15) is 0 Å². The highest BCUT2D eigenvalue weighted by atomic mass is 19.1. The summed E-state index contributed by atoms with van der Waals surface area (Å²) in [4.78, 5) is 0. The lowest BCUT2D eigenvalue weighted by atomic mass is 10.5. The van der Waals surface area contributed by atoms with Crippen LogP contribution < -0.4 is 0 Å². The Balaban J connectivity index is -0.000000147. The molecule has 14 heavy (non-hydrogen) atoms. The number of hydrogen-bond donors (Lipinski definition) is 0. The molecular formula is C9H19F3O2. The maximum absolute atomic E-state index is 11.0. The first-order valence-electron chi connectivity index (χ1n) is 3.94. The minimum absolute atomic E-state index is 0.0231. The molecule has 0 fully saturated rings. The van der Waals surface area contributed by atoms with E-state index in [0.29, 0.717) is 12.9 Å². The van der Waals surface area contributed by atoms with Crippen molar-refractivity contribution >= 4 is 0 Å². The molecule has 0 rings (SSSR count). The van der Waals surface area contributed by atoms with Crippen LogP contribution in [0.4, 0.5) is 13.2 Å². The number of hydrogen-bond acceptors (Lipinski definition) is 2. The van der Waals surface area contributed by atoms with Crippen LogP contribution in [0.1, 0.15) is 20.8 Å². The predicted molar refractivity (Wildman–Crippen MR) is 51.1 cm³/mol. The minimum Gasteiger partial charge on any atom is -0.468 e. The van der Waals surface area contributed by atoms with Crippen molar-refractivity contribution in [2.45, 2.75) is 26.9 Å². The van der Waals surface area contributed by atoms with E-state index in [9.17, 15) is 13.2 Å². The smallest absolute Gasteiger partial charge is 0.228 e. The third-order valence-corrected chi connectivity index (χ3v) is 0.697. The Kier molecular flexibility index (Phi) is 24.6. The van der Waals surface area contributed by atoms with Gasteiger partial charge in [0.15, 0.2) is 6.86 Å². The highest BCUT2D eigenvalue weighted by Crippen LogP contribution is 1.87. The second-order valence-electron chi connectivity index (χ2n) is 2.28. The Morgan fingerprint density at radius 1 is 1.21 bits per heavy atom. The molecule has 0 aliphatic heterocycles. The van der Waals surface area contributed by atoms with Crippen molar-refractivity contribution in [3.63, 3.8) is 0 Å². The van der Waals surface area contributed by atoms with Gasteiger partial charge in [0.25, 0.3) is 0 Å². The van der Waals surface area contributed by atoms with Crippen LogP contribution in [-0.4, -0.2) is 27.0 Å². The van der Waals surface area contributed by atoms with Crippen LogP contribution in [0.15, 0.2) is 12.3 Å². The lowest BCUT2D eigenvalue weighted by Gasteiger charge is -1.98. The number of allylic oxidation sites excluding steroid dienone is 1. The van der Waals surface area contributed by atoms with Gasteiger partial charge >= 0.3 is 0 Å². The monoisotopic (exact) mass is 216 g/mol. The number of rotatable bonds is 4. The van der Waals surface area contributed by atoms with E-state index in [0.717, 1.165) is 0 Å². The summed E-state index contributed by atoms with van der Waals surface area (Å²) in [6.45, 7) is 7.02. The van der Waals surface area contributed by atoms with Crippen LogP contribution in [0.3, 0.4) is 0 Å². The van der Waals surface area contributed by atoms with Gasteiger partial charge in [0.05, 0.1) is 19.0 Å².